The summed E-state index contributed by atoms with van der Waals surface area (Å²) in [6.45, 7) is 1.51. The first kappa shape index (κ1) is 13.8. The van der Waals surface area contributed by atoms with Crippen LogP contribution in [0.5, 0.6) is 5.75 Å². The van der Waals surface area contributed by atoms with Crippen molar-refractivity contribution in [2.75, 3.05) is 19.8 Å². The van der Waals surface area contributed by atoms with Crippen LogP contribution < -0.4 is 4.74 Å². The largest absolute Gasteiger partial charge is 0.493 e. The lowest BCUT2D eigenvalue weighted by molar-refractivity contribution is -0.149. The summed E-state index contributed by atoms with van der Waals surface area (Å²) in [6, 6.07) is 5.93. The summed E-state index contributed by atoms with van der Waals surface area (Å²) in [7, 11) is 0. The minimum atomic E-state index is -0.335. The maximum Gasteiger partial charge on any atom is 0.306 e. The van der Waals surface area contributed by atoms with Gasteiger partial charge >= 0.3 is 5.97 Å². The molecular weight excluding hydrogens is 251 g/mol. The molecule has 2 rings (SSSR count). The maximum atomic E-state index is 12.9. The number of carbonyl (C=O) groups is 1. The number of carbonyl (C=O) groups excluding carboxylic acids is 1. The summed E-state index contributed by atoms with van der Waals surface area (Å²) in [4.78, 5) is 11.5. The van der Waals surface area contributed by atoms with Crippen LogP contribution in [0.2, 0.25) is 0 Å². The van der Waals surface area contributed by atoms with Crippen LogP contribution in [0.3, 0.4) is 0 Å². The molecule has 104 valence electrons. The van der Waals surface area contributed by atoms with Crippen LogP contribution in [-0.2, 0) is 14.3 Å². The van der Waals surface area contributed by atoms with Crippen LogP contribution in [-0.4, -0.2) is 31.9 Å². The molecule has 1 atom stereocenters. The van der Waals surface area contributed by atoms with Crippen LogP contribution in [0.25, 0.3) is 0 Å². The molecule has 0 N–H and O–H groups in total. The maximum absolute atomic E-state index is 12.9. The molecule has 1 aromatic carbocycles. The van der Waals surface area contributed by atoms with Gasteiger partial charge in [0.2, 0.25) is 0 Å². The Balaban J connectivity index is 1.59. The minimum absolute atomic E-state index is 0.100. The summed E-state index contributed by atoms with van der Waals surface area (Å²) in [5, 5.41) is 0. The molecule has 0 spiro atoms. The van der Waals surface area contributed by atoms with Gasteiger partial charge in [0.15, 0.2) is 0 Å². The fourth-order valence-electron chi connectivity index (χ4n) is 1.81. The zero-order chi connectivity index (χ0) is 13.5. The first-order chi connectivity index (χ1) is 9.24. The van der Waals surface area contributed by atoms with E-state index in [0.717, 1.165) is 6.42 Å². The molecule has 0 unspecified atom stereocenters. The van der Waals surface area contributed by atoms with Crippen molar-refractivity contribution < 1.29 is 23.4 Å². The fraction of sp³-hybridized carbons (Fsp3) is 0.500. The lowest BCUT2D eigenvalue weighted by atomic mass is 10.3. The van der Waals surface area contributed by atoms with Gasteiger partial charge < -0.3 is 14.2 Å². The van der Waals surface area contributed by atoms with Gasteiger partial charge in [-0.1, -0.05) is 6.07 Å². The molecule has 1 fully saturated rings. The van der Waals surface area contributed by atoms with Crippen molar-refractivity contribution >= 4 is 5.97 Å². The van der Waals surface area contributed by atoms with E-state index in [2.05, 4.69) is 0 Å². The van der Waals surface area contributed by atoms with Crippen LogP contribution in [0.15, 0.2) is 24.3 Å². The lowest BCUT2D eigenvalue weighted by Crippen LogP contribution is -2.18. The smallest absolute Gasteiger partial charge is 0.306 e. The first-order valence-corrected chi connectivity index (χ1v) is 6.39. The van der Waals surface area contributed by atoms with E-state index in [1.54, 1.807) is 12.1 Å². The normalized spacial score (nSPS) is 18.3. The predicted molar refractivity (Wildman–Crippen MR) is 66.4 cm³/mol. The molecule has 0 saturated carbocycles. The SMILES string of the molecule is O=C(CCCOc1cccc(F)c1)O[C@@H]1CCOC1. The van der Waals surface area contributed by atoms with Crippen molar-refractivity contribution in [2.45, 2.75) is 25.4 Å². The third kappa shape index (κ3) is 4.87. The minimum Gasteiger partial charge on any atom is -0.493 e. The molecule has 0 radical (unpaired) electrons. The summed E-state index contributed by atoms with van der Waals surface area (Å²) < 4.78 is 28.5. The molecule has 19 heavy (non-hydrogen) atoms. The molecule has 1 saturated heterocycles. The monoisotopic (exact) mass is 268 g/mol. The Labute approximate surface area is 111 Å². The second kappa shape index (κ2) is 7.09. The fourth-order valence-corrected chi connectivity index (χ4v) is 1.81. The summed E-state index contributed by atoms with van der Waals surface area (Å²) in [5.74, 6) is -0.103. The predicted octanol–water partition coefficient (Wildman–Crippen LogP) is 2.32. The number of halogens is 1. The Hall–Kier alpha value is -1.62. The number of hydrogen-bond donors (Lipinski definition) is 0. The third-order valence-electron chi connectivity index (χ3n) is 2.78. The van der Waals surface area contributed by atoms with E-state index in [1.165, 1.54) is 12.1 Å². The molecule has 0 amide bonds. The molecule has 1 heterocycles. The molecule has 0 bridgehead atoms. The van der Waals surface area contributed by atoms with Crippen molar-refractivity contribution in [3.63, 3.8) is 0 Å². The van der Waals surface area contributed by atoms with E-state index in [-0.39, 0.29) is 17.9 Å². The highest BCUT2D eigenvalue weighted by Gasteiger charge is 2.19. The van der Waals surface area contributed by atoms with Gasteiger partial charge in [-0.2, -0.15) is 0 Å². The molecular formula is C14H17FO4. The zero-order valence-corrected chi connectivity index (χ0v) is 10.6. The number of hydrogen-bond acceptors (Lipinski definition) is 4. The molecule has 5 heteroatoms. The van der Waals surface area contributed by atoms with Crippen LogP contribution in [0.1, 0.15) is 19.3 Å². The second-order valence-corrected chi connectivity index (χ2v) is 4.38. The van der Waals surface area contributed by atoms with E-state index in [4.69, 9.17) is 14.2 Å². The van der Waals surface area contributed by atoms with Crippen molar-refractivity contribution in [2.24, 2.45) is 0 Å². The van der Waals surface area contributed by atoms with Gasteiger partial charge in [-0.05, 0) is 18.6 Å². The van der Waals surface area contributed by atoms with E-state index in [9.17, 15) is 9.18 Å². The van der Waals surface area contributed by atoms with Crippen LogP contribution in [0.4, 0.5) is 4.39 Å². The Morgan fingerprint density at radius 1 is 1.47 bits per heavy atom. The number of benzene rings is 1. The Morgan fingerprint density at radius 2 is 2.37 bits per heavy atom. The summed E-state index contributed by atoms with van der Waals surface area (Å²) in [6.07, 6.45) is 1.51. The Bertz CT molecular complexity index is 416. The quantitative estimate of drug-likeness (QED) is 0.586. The summed E-state index contributed by atoms with van der Waals surface area (Å²) >= 11 is 0. The van der Waals surface area contributed by atoms with Crippen LogP contribution >= 0.6 is 0 Å². The van der Waals surface area contributed by atoms with Crippen molar-refractivity contribution in [3.8, 4) is 5.75 Å². The van der Waals surface area contributed by atoms with Crippen molar-refractivity contribution in [3.05, 3.63) is 30.1 Å². The zero-order valence-electron chi connectivity index (χ0n) is 10.6. The number of ether oxygens (including phenoxy) is 3. The van der Waals surface area contributed by atoms with Gasteiger partial charge in [-0.25, -0.2) is 4.39 Å². The Morgan fingerprint density at radius 3 is 3.11 bits per heavy atom. The van der Waals surface area contributed by atoms with E-state index >= 15 is 0 Å². The third-order valence-corrected chi connectivity index (χ3v) is 2.78. The topological polar surface area (TPSA) is 44.8 Å². The molecule has 1 aromatic rings. The van der Waals surface area contributed by atoms with E-state index in [0.29, 0.717) is 38.4 Å². The second-order valence-electron chi connectivity index (χ2n) is 4.38. The molecule has 0 aliphatic carbocycles. The average Bonchev–Trinajstić information content (AvgIpc) is 2.87. The molecule has 0 aromatic heterocycles. The van der Waals surface area contributed by atoms with Gasteiger partial charge in [0.05, 0.1) is 19.8 Å². The standard InChI is InChI=1S/C14H17FO4/c15-11-3-1-4-12(9-11)18-7-2-5-14(16)19-13-6-8-17-10-13/h1,3-4,9,13H,2,5-8,10H2/t13-/m1/s1. The molecule has 4 nitrogen and oxygen atoms in total. The first-order valence-electron chi connectivity index (χ1n) is 6.39. The Kier molecular flexibility index (Phi) is 5.15. The van der Waals surface area contributed by atoms with Gasteiger partial charge in [0, 0.05) is 18.9 Å². The van der Waals surface area contributed by atoms with Gasteiger partial charge in [0.1, 0.15) is 17.7 Å². The van der Waals surface area contributed by atoms with Crippen molar-refractivity contribution in [1.29, 1.82) is 0 Å². The van der Waals surface area contributed by atoms with Gasteiger partial charge in [0.25, 0.3) is 0 Å². The number of rotatable bonds is 6. The van der Waals surface area contributed by atoms with E-state index in [1.807, 2.05) is 0 Å². The molecule has 1 aliphatic rings. The number of esters is 1. The highest BCUT2D eigenvalue weighted by Crippen LogP contribution is 2.13. The highest BCUT2D eigenvalue weighted by atomic mass is 19.1. The van der Waals surface area contributed by atoms with Crippen molar-refractivity contribution in [1.82, 2.24) is 0 Å². The van der Waals surface area contributed by atoms with Gasteiger partial charge in [-0.3, -0.25) is 4.79 Å². The average molecular weight is 268 g/mol. The lowest BCUT2D eigenvalue weighted by Gasteiger charge is -2.10. The molecule has 1 aliphatic heterocycles. The summed E-state index contributed by atoms with van der Waals surface area (Å²) in [5.41, 5.74) is 0. The van der Waals surface area contributed by atoms with Gasteiger partial charge in [-0.15, -0.1) is 0 Å². The van der Waals surface area contributed by atoms with Crippen LogP contribution in [0, 0.1) is 5.82 Å². The highest BCUT2D eigenvalue weighted by molar-refractivity contribution is 5.69. The van der Waals surface area contributed by atoms with E-state index < -0.39 is 0 Å².